The average molecular weight is 199 g/mol. The molecule has 1 aromatic carbocycles. The highest BCUT2D eigenvalue weighted by molar-refractivity contribution is 6.05. The summed E-state index contributed by atoms with van der Waals surface area (Å²) >= 11 is 0. The fourth-order valence-corrected chi connectivity index (χ4v) is 1.74. The van der Waals surface area contributed by atoms with Crippen LogP contribution in [0.1, 0.15) is 25.0 Å². The maximum Gasteiger partial charge on any atom is 0.0649 e. The Balaban J connectivity index is 2.22. The summed E-state index contributed by atoms with van der Waals surface area (Å²) in [5.74, 6) is 0.535. The monoisotopic (exact) mass is 199 g/mol. The summed E-state index contributed by atoms with van der Waals surface area (Å²) in [5, 5.41) is 0. The van der Waals surface area contributed by atoms with E-state index in [-0.39, 0.29) is 0 Å². The Labute approximate surface area is 91.6 Å². The minimum atomic E-state index is 0.535. The molecule has 1 heteroatoms. The highest BCUT2D eigenvalue weighted by atomic mass is 14.8. The molecule has 0 radical (unpaired) electrons. The molecule has 0 unspecified atom stereocenters. The maximum atomic E-state index is 4.54. The van der Waals surface area contributed by atoms with Gasteiger partial charge in [-0.15, -0.1) is 0 Å². The molecule has 15 heavy (non-hydrogen) atoms. The molecular formula is C14H17N. The number of nitrogens with zero attached hydrogens (tertiary/aromatic N) is 1. The Bertz CT molecular complexity index is 407. The summed E-state index contributed by atoms with van der Waals surface area (Å²) < 4.78 is 0. The Hall–Kier alpha value is -1.37. The highest BCUT2D eigenvalue weighted by Gasteiger charge is 2.12. The first kappa shape index (κ1) is 10.2. The smallest absolute Gasteiger partial charge is 0.0649 e. The van der Waals surface area contributed by atoms with Crippen LogP contribution in [-0.4, -0.2) is 12.3 Å². The zero-order valence-corrected chi connectivity index (χ0v) is 9.62. The third kappa shape index (κ3) is 2.17. The van der Waals surface area contributed by atoms with E-state index in [9.17, 15) is 0 Å². The van der Waals surface area contributed by atoms with Crippen LogP contribution in [0.5, 0.6) is 0 Å². The van der Waals surface area contributed by atoms with Crippen molar-refractivity contribution in [2.24, 2.45) is 10.9 Å². The van der Waals surface area contributed by atoms with Crippen molar-refractivity contribution in [3.05, 3.63) is 41.5 Å². The van der Waals surface area contributed by atoms with E-state index in [0.29, 0.717) is 5.92 Å². The van der Waals surface area contributed by atoms with Crippen molar-refractivity contribution in [3.63, 3.8) is 0 Å². The van der Waals surface area contributed by atoms with Crippen LogP contribution >= 0.6 is 0 Å². The first-order chi connectivity index (χ1) is 7.16. The van der Waals surface area contributed by atoms with Crippen LogP contribution in [-0.2, 0) is 0 Å². The van der Waals surface area contributed by atoms with Crippen molar-refractivity contribution in [1.82, 2.24) is 0 Å². The van der Waals surface area contributed by atoms with E-state index in [1.54, 1.807) is 0 Å². The van der Waals surface area contributed by atoms with Crippen molar-refractivity contribution < 1.29 is 0 Å². The number of aliphatic imine (C=N–C) groups is 1. The Morgan fingerprint density at radius 2 is 1.80 bits per heavy atom. The lowest BCUT2D eigenvalue weighted by Gasteiger charge is -2.01. The summed E-state index contributed by atoms with van der Waals surface area (Å²) in [6.07, 6.45) is 2.23. The van der Waals surface area contributed by atoms with Gasteiger partial charge in [0.15, 0.2) is 0 Å². The zero-order chi connectivity index (χ0) is 10.8. The van der Waals surface area contributed by atoms with Crippen molar-refractivity contribution in [1.29, 1.82) is 0 Å². The van der Waals surface area contributed by atoms with Gasteiger partial charge in [-0.25, -0.2) is 0 Å². The van der Waals surface area contributed by atoms with Gasteiger partial charge in [0, 0.05) is 5.71 Å². The molecule has 0 saturated heterocycles. The summed E-state index contributed by atoms with van der Waals surface area (Å²) in [6, 6.07) is 8.67. The van der Waals surface area contributed by atoms with Gasteiger partial charge in [-0.2, -0.15) is 0 Å². The van der Waals surface area contributed by atoms with Gasteiger partial charge >= 0.3 is 0 Å². The average Bonchev–Trinajstić information content (AvgIpc) is 2.68. The van der Waals surface area contributed by atoms with Crippen molar-refractivity contribution in [3.8, 4) is 0 Å². The third-order valence-electron chi connectivity index (χ3n) is 2.77. The minimum absolute atomic E-state index is 0.535. The quantitative estimate of drug-likeness (QED) is 0.691. The second-order valence-corrected chi connectivity index (χ2v) is 4.43. The molecule has 0 saturated carbocycles. The van der Waals surface area contributed by atoms with E-state index < -0.39 is 0 Å². The molecule has 1 aliphatic heterocycles. The van der Waals surface area contributed by atoms with Gasteiger partial charge in [-0.3, -0.25) is 4.99 Å². The largest absolute Gasteiger partial charge is 0.285 e. The predicted molar refractivity (Wildman–Crippen MR) is 66.3 cm³/mol. The van der Waals surface area contributed by atoms with Crippen LogP contribution in [0.4, 0.5) is 0 Å². The zero-order valence-electron chi connectivity index (χ0n) is 9.62. The first-order valence-electron chi connectivity index (χ1n) is 5.49. The number of rotatable bonds is 2. The van der Waals surface area contributed by atoms with Gasteiger partial charge in [-0.1, -0.05) is 43.7 Å². The number of allylic oxidation sites excluding steroid dienone is 1. The number of hydrogen-bond donors (Lipinski definition) is 0. The van der Waals surface area contributed by atoms with Crippen LogP contribution in [0.3, 0.4) is 0 Å². The SMILES string of the molecule is Cc1ccc(C2=CC(C(C)C)=NC2)cc1. The second-order valence-electron chi connectivity index (χ2n) is 4.43. The van der Waals surface area contributed by atoms with Crippen LogP contribution in [0.2, 0.25) is 0 Å². The molecule has 0 spiro atoms. The molecule has 1 aromatic rings. The van der Waals surface area contributed by atoms with Crippen LogP contribution < -0.4 is 0 Å². The molecule has 1 nitrogen and oxygen atoms in total. The minimum Gasteiger partial charge on any atom is -0.285 e. The fraction of sp³-hybridized carbons (Fsp3) is 0.357. The molecule has 0 aromatic heterocycles. The molecule has 78 valence electrons. The van der Waals surface area contributed by atoms with Gasteiger partial charge in [0.05, 0.1) is 6.54 Å². The summed E-state index contributed by atoms with van der Waals surface area (Å²) in [6.45, 7) is 7.33. The van der Waals surface area contributed by atoms with E-state index in [0.717, 1.165) is 6.54 Å². The first-order valence-corrected chi connectivity index (χ1v) is 5.49. The molecule has 0 amide bonds. The Morgan fingerprint density at radius 3 is 2.33 bits per heavy atom. The molecule has 2 rings (SSSR count). The van der Waals surface area contributed by atoms with Gasteiger partial charge in [0.25, 0.3) is 0 Å². The van der Waals surface area contributed by atoms with Crippen molar-refractivity contribution in [2.75, 3.05) is 6.54 Å². The van der Waals surface area contributed by atoms with Gasteiger partial charge in [0.1, 0.15) is 0 Å². The highest BCUT2D eigenvalue weighted by Crippen LogP contribution is 2.21. The molecule has 0 atom stereocenters. The van der Waals surface area contributed by atoms with Crippen molar-refractivity contribution >= 4 is 11.3 Å². The predicted octanol–water partition coefficient (Wildman–Crippen LogP) is 3.49. The molecule has 0 fully saturated rings. The van der Waals surface area contributed by atoms with Crippen LogP contribution in [0.15, 0.2) is 35.3 Å². The lowest BCUT2D eigenvalue weighted by molar-refractivity contribution is 0.887. The summed E-state index contributed by atoms with van der Waals surface area (Å²) in [5.41, 5.74) is 5.19. The van der Waals surface area contributed by atoms with Crippen LogP contribution in [0, 0.1) is 12.8 Å². The van der Waals surface area contributed by atoms with Gasteiger partial charge in [0.2, 0.25) is 0 Å². The topological polar surface area (TPSA) is 12.4 Å². The van der Waals surface area contributed by atoms with Crippen molar-refractivity contribution in [2.45, 2.75) is 20.8 Å². The molecule has 0 bridgehead atoms. The van der Waals surface area contributed by atoms with E-state index in [1.165, 1.54) is 22.4 Å². The normalized spacial score (nSPS) is 15.5. The second kappa shape index (κ2) is 4.01. The fourth-order valence-electron chi connectivity index (χ4n) is 1.74. The van der Waals surface area contributed by atoms with E-state index >= 15 is 0 Å². The molecule has 0 aliphatic carbocycles. The lowest BCUT2D eigenvalue weighted by Crippen LogP contribution is -2.00. The van der Waals surface area contributed by atoms with Crippen LogP contribution in [0.25, 0.3) is 5.57 Å². The molecule has 0 N–H and O–H groups in total. The maximum absolute atomic E-state index is 4.54. The summed E-state index contributed by atoms with van der Waals surface area (Å²) in [4.78, 5) is 4.54. The van der Waals surface area contributed by atoms with Gasteiger partial charge in [-0.05, 0) is 30.1 Å². The van der Waals surface area contributed by atoms with E-state index in [1.807, 2.05) is 0 Å². The molecular weight excluding hydrogens is 182 g/mol. The lowest BCUT2D eigenvalue weighted by atomic mass is 10.0. The summed E-state index contributed by atoms with van der Waals surface area (Å²) in [7, 11) is 0. The number of aryl methyl sites for hydroxylation is 1. The number of hydrogen-bond acceptors (Lipinski definition) is 1. The Morgan fingerprint density at radius 1 is 1.13 bits per heavy atom. The van der Waals surface area contributed by atoms with E-state index in [4.69, 9.17) is 0 Å². The number of benzene rings is 1. The van der Waals surface area contributed by atoms with Gasteiger partial charge < -0.3 is 0 Å². The molecule has 1 aliphatic rings. The Kier molecular flexibility index (Phi) is 2.72. The third-order valence-corrected chi connectivity index (χ3v) is 2.77. The standard InChI is InChI=1S/C14H17N/c1-10(2)14-8-13(9-15-14)12-6-4-11(3)5-7-12/h4-8,10H,9H2,1-3H3. The van der Waals surface area contributed by atoms with E-state index in [2.05, 4.69) is 56.1 Å². The molecule has 1 heterocycles.